The summed E-state index contributed by atoms with van der Waals surface area (Å²) in [5.74, 6) is 2.36. The van der Waals surface area contributed by atoms with Gasteiger partial charge in [-0.15, -0.1) is 0 Å². The summed E-state index contributed by atoms with van der Waals surface area (Å²) in [5, 5.41) is 4.72. The first-order chi connectivity index (χ1) is 16.8. The molecule has 0 radical (unpaired) electrons. The van der Waals surface area contributed by atoms with Crippen molar-refractivity contribution < 1.29 is 14.3 Å². The third kappa shape index (κ3) is 3.37. The Labute approximate surface area is 207 Å². The molecule has 0 spiro atoms. The lowest BCUT2D eigenvalue weighted by Crippen LogP contribution is -2.50. The van der Waals surface area contributed by atoms with Crippen molar-refractivity contribution in [3.05, 3.63) is 59.4 Å². The number of hydrogen-bond acceptors (Lipinski definition) is 4. The normalized spacial score (nSPS) is 36.1. The number of carbonyl (C=O) groups is 2. The molecule has 4 aliphatic carbocycles. The molecule has 2 aromatic rings. The zero-order chi connectivity index (χ0) is 24.4. The molecule has 0 aliphatic heterocycles. The zero-order valence-electron chi connectivity index (χ0n) is 21.1. The number of hydrogen-bond donors (Lipinski definition) is 0. The smallest absolute Gasteiger partial charge is 0.358 e. The van der Waals surface area contributed by atoms with Crippen LogP contribution < -0.4 is 0 Å². The van der Waals surface area contributed by atoms with Gasteiger partial charge in [0.25, 0.3) is 0 Å². The summed E-state index contributed by atoms with van der Waals surface area (Å²) in [4.78, 5) is 24.6. The number of ether oxygens (including phenoxy) is 1. The van der Waals surface area contributed by atoms with Crippen LogP contribution >= 0.6 is 0 Å². The fourth-order valence-electron chi connectivity index (χ4n) is 8.67. The largest absolute Gasteiger partial charge is 0.464 e. The van der Waals surface area contributed by atoms with Crippen LogP contribution in [0.5, 0.6) is 0 Å². The highest BCUT2D eigenvalue weighted by atomic mass is 16.5. The lowest BCUT2D eigenvalue weighted by molar-refractivity contribution is -0.117. The molecule has 3 fully saturated rings. The maximum absolute atomic E-state index is 12.4. The molecule has 0 amide bonds. The van der Waals surface area contributed by atoms with E-state index in [-0.39, 0.29) is 16.8 Å². The summed E-state index contributed by atoms with van der Waals surface area (Å²) in [5.41, 5.74) is 4.33. The molecule has 4 aliphatic rings. The number of nitrogens with zero attached hydrogens (tertiary/aromatic N) is 2. The summed E-state index contributed by atoms with van der Waals surface area (Å²) in [7, 11) is 1.42. The average molecular weight is 473 g/mol. The molecule has 0 saturated heterocycles. The maximum Gasteiger partial charge on any atom is 0.358 e. The van der Waals surface area contributed by atoms with Crippen molar-refractivity contribution >= 4 is 11.8 Å². The quantitative estimate of drug-likeness (QED) is 0.494. The predicted octanol–water partition coefficient (Wildman–Crippen LogP) is 6.27. The van der Waals surface area contributed by atoms with Crippen molar-refractivity contribution in [2.45, 2.75) is 71.1 Å². The van der Waals surface area contributed by atoms with Crippen molar-refractivity contribution in [1.82, 2.24) is 9.78 Å². The van der Waals surface area contributed by atoms with E-state index in [1.807, 2.05) is 35.0 Å². The second kappa shape index (κ2) is 8.18. The number of ketones is 1. The molecule has 5 nitrogen and oxygen atoms in total. The molecule has 184 valence electrons. The van der Waals surface area contributed by atoms with Crippen molar-refractivity contribution in [3.8, 4) is 5.69 Å². The standard InChI is InChI=1S/C30H36N2O3/c1-29-15-13-21(33)17-19(29)9-10-22-23-11-12-25(30(23,2)16-14-24(22)29)27-18-26(28(34)35-3)31-32(27)20-7-5-4-6-8-20/h4-8,17-18,22-25H,9-16H2,1-3H3/t22-,23-,24-,25+,29-,30-/m0/s1. The average Bonchev–Trinajstić information content (AvgIpc) is 3.45. The minimum absolute atomic E-state index is 0.184. The molecule has 1 aromatic carbocycles. The van der Waals surface area contributed by atoms with Crippen molar-refractivity contribution in [3.63, 3.8) is 0 Å². The number of benzene rings is 1. The number of fused-ring (bicyclic) bond motifs is 5. The molecular weight excluding hydrogens is 436 g/mol. The van der Waals surface area contributed by atoms with E-state index >= 15 is 0 Å². The predicted molar refractivity (Wildman–Crippen MR) is 134 cm³/mol. The fourth-order valence-corrected chi connectivity index (χ4v) is 8.67. The summed E-state index contributed by atoms with van der Waals surface area (Å²) < 4.78 is 7.02. The van der Waals surface area contributed by atoms with Crippen LogP contribution in [0, 0.1) is 28.6 Å². The van der Waals surface area contributed by atoms with Crippen LogP contribution in [-0.4, -0.2) is 28.6 Å². The van der Waals surface area contributed by atoms with Crippen LogP contribution in [0.3, 0.4) is 0 Å². The number of rotatable bonds is 3. The van der Waals surface area contributed by atoms with Gasteiger partial charge in [-0.2, -0.15) is 5.10 Å². The molecule has 0 N–H and O–H groups in total. The van der Waals surface area contributed by atoms with E-state index in [1.165, 1.54) is 38.4 Å². The Balaban J connectivity index is 1.37. The molecule has 0 bridgehead atoms. The summed E-state index contributed by atoms with van der Waals surface area (Å²) >= 11 is 0. The van der Waals surface area contributed by atoms with Crippen LogP contribution in [0.4, 0.5) is 0 Å². The van der Waals surface area contributed by atoms with Gasteiger partial charge in [0.2, 0.25) is 0 Å². The van der Waals surface area contributed by atoms with Gasteiger partial charge in [-0.3, -0.25) is 4.79 Å². The van der Waals surface area contributed by atoms with E-state index in [2.05, 4.69) is 26.0 Å². The topological polar surface area (TPSA) is 61.2 Å². The first kappa shape index (κ1) is 22.8. The summed E-state index contributed by atoms with van der Waals surface area (Å²) in [6.07, 6.45) is 10.8. The Morgan fingerprint density at radius 2 is 1.83 bits per heavy atom. The number of allylic oxidation sites excluding steroid dienone is 1. The molecule has 3 saturated carbocycles. The van der Waals surface area contributed by atoms with Gasteiger partial charge >= 0.3 is 5.97 Å². The Morgan fingerprint density at radius 3 is 2.60 bits per heavy atom. The van der Waals surface area contributed by atoms with E-state index in [9.17, 15) is 9.59 Å². The number of aromatic nitrogens is 2. The van der Waals surface area contributed by atoms with Gasteiger partial charge in [0.05, 0.1) is 12.8 Å². The Hall–Kier alpha value is -2.69. The van der Waals surface area contributed by atoms with Crippen LogP contribution in [-0.2, 0) is 9.53 Å². The van der Waals surface area contributed by atoms with E-state index < -0.39 is 0 Å². The fraction of sp³-hybridized carbons (Fsp3) is 0.567. The molecule has 6 atom stereocenters. The molecule has 1 aromatic heterocycles. The number of methoxy groups -OCH3 is 1. The van der Waals surface area contributed by atoms with Crippen molar-refractivity contribution in [2.75, 3.05) is 7.11 Å². The van der Waals surface area contributed by atoms with E-state index in [4.69, 9.17) is 9.84 Å². The Morgan fingerprint density at radius 1 is 1.03 bits per heavy atom. The van der Waals surface area contributed by atoms with Crippen LogP contribution in [0.2, 0.25) is 0 Å². The minimum Gasteiger partial charge on any atom is -0.464 e. The Kier molecular flexibility index (Phi) is 5.32. The third-order valence-electron chi connectivity index (χ3n) is 10.5. The molecule has 6 rings (SSSR count). The lowest BCUT2D eigenvalue weighted by Gasteiger charge is -2.58. The molecule has 35 heavy (non-hydrogen) atoms. The highest BCUT2D eigenvalue weighted by Gasteiger charge is 2.59. The maximum atomic E-state index is 12.4. The van der Waals surface area contributed by atoms with Crippen molar-refractivity contribution in [1.29, 1.82) is 0 Å². The van der Waals surface area contributed by atoms with Gasteiger partial charge in [-0.25, -0.2) is 9.48 Å². The monoisotopic (exact) mass is 472 g/mol. The van der Waals surface area contributed by atoms with Gasteiger partial charge in [0, 0.05) is 18.0 Å². The van der Waals surface area contributed by atoms with Gasteiger partial charge < -0.3 is 4.74 Å². The van der Waals surface area contributed by atoms with E-state index in [0.717, 1.165) is 30.6 Å². The highest BCUT2D eigenvalue weighted by Crippen LogP contribution is 2.68. The van der Waals surface area contributed by atoms with Crippen LogP contribution in [0.1, 0.15) is 87.3 Å². The highest BCUT2D eigenvalue weighted by molar-refractivity contribution is 5.91. The summed E-state index contributed by atoms with van der Waals surface area (Å²) in [6, 6.07) is 12.1. The van der Waals surface area contributed by atoms with E-state index in [0.29, 0.717) is 41.6 Å². The first-order valence-electron chi connectivity index (χ1n) is 13.3. The van der Waals surface area contributed by atoms with E-state index in [1.54, 1.807) is 0 Å². The van der Waals surface area contributed by atoms with Gasteiger partial charge in [0.1, 0.15) is 0 Å². The number of para-hydroxylation sites is 1. The Bertz CT molecular complexity index is 1200. The second-order valence-corrected chi connectivity index (χ2v) is 11.8. The second-order valence-electron chi connectivity index (χ2n) is 11.8. The lowest BCUT2D eigenvalue weighted by atomic mass is 9.47. The van der Waals surface area contributed by atoms with Gasteiger partial charge in [0.15, 0.2) is 11.5 Å². The first-order valence-corrected chi connectivity index (χ1v) is 13.3. The molecular formula is C30H36N2O3. The number of carbonyl (C=O) groups excluding carboxylic acids is 2. The van der Waals surface area contributed by atoms with Gasteiger partial charge in [-0.05, 0) is 97.8 Å². The zero-order valence-corrected chi connectivity index (χ0v) is 21.1. The third-order valence-corrected chi connectivity index (χ3v) is 10.5. The SMILES string of the molecule is COC(=O)c1cc([C@H]2CC[C@H]3[C@@H]4CCC5=CC(=O)CC[C@]5(C)[C@H]4CC[C@]23C)n(-c2ccccc2)n1. The van der Waals surface area contributed by atoms with Crippen molar-refractivity contribution in [2.24, 2.45) is 28.6 Å². The number of esters is 1. The molecule has 0 unspecified atom stereocenters. The van der Waals surface area contributed by atoms with Crippen LogP contribution in [0.25, 0.3) is 5.69 Å². The minimum atomic E-state index is -0.379. The van der Waals surface area contributed by atoms with Gasteiger partial charge in [-0.1, -0.05) is 37.6 Å². The molecule has 5 heteroatoms. The molecule has 1 heterocycles. The van der Waals surface area contributed by atoms with Crippen LogP contribution in [0.15, 0.2) is 48.0 Å². The summed E-state index contributed by atoms with van der Waals surface area (Å²) in [6.45, 7) is 4.95.